The minimum Gasteiger partial charge on any atom is -0.322 e. The van der Waals surface area contributed by atoms with Gasteiger partial charge in [-0.3, -0.25) is 9.78 Å². The second-order valence-corrected chi connectivity index (χ2v) is 6.72. The fourth-order valence-electron chi connectivity index (χ4n) is 2.78. The number of benzene rings is 2. The molecular weight excluding hydrogens is 320 g/mol. The zero-order valence-corrected chi connectivity index (χ0v) is 15.5. The summed E-state index contributed by atoms with van der Waals surface area (Å²) in [7, 11) is 0. The van der Waals surface area contributed by atoms with E-state index in [9.17, 15) is 4.79 Å². The summed E-state index contributed by atoms with van der Waals surface area (Å²) in [5.41, 5.74) is 5.81. The van der Waals surface area contributed by atoms with Crippen LogP contribution in [0.5, 0.6) is 0 Å². The summed E-state index contributed by atoms with van der Waals surface area (Å²) >= 11 is 0. The van der Waals surface area contributed by atoms with Crippen molar-refractivity contribution in [2.75, 3.05) is 5.32 Å². The predicted molar refractivity (Wildman–Crippen MR) is 108 cm³/mol. The summed E-state index contributed by atoms with van der Waals surface area (Å²) in [6.45, 7) is 6.46. The van der Waals surface area contributed by atoms with E-state index < -0.39 is 0 Å². The van der Waals surface area contributed by atoms with Crippen LogP contribution >= 0.6 is 0 Å². The summed E-state index contributed by atoms with van der Waals surface area (Å²) in [6.07, 6.45) is 2.62. The summed E-state index contributed by atoms with van der Waals surface area (Å²) < 4.78 is 0. The van der Waals surface area contributed by atoms with Crippen molar-refractivity contribution in [3.63, 3.8) is 0 Å². The highest BCUT2D eigenvalue weighted by molar-refractivity contribution is 6.04. The van der Waals surface area contributed by atoms with Crippen LogP contribution < -0.4 is 5.32 Å². The zero-order valence-electron chi connectivity index (χ0n) is 15.5. The lowest BCUT2D eigenvalue weighted by Crippen LogP contribution is -2.12. The summed E-state index contributed by atoms with van der Waals surface area (Å²) in [6, 6.07) is 20.0. The topological polar surface area (TPSA) is 42.0 Å². The molecule has 0 aliphatic rings. The van der Waals surface area contributed by atoms with Crippen molar-refractivity contribution in [2.45, 2.75) is 33.1 Å². The van der Waals surface area contributed by atoms with Gasteiger partial charge in [-0.25, -0.2) is 0 Å². The number of hydrogen-bond donors (Lipinski definition) is 1. The maximum atomic E-state index is 12.4. The second-order valence-electron chi connectivity index (χ2n) is 6.72. The molecule has 3 heteroatoms. The molecule has 1 amide bonds. The first kappa shape index (κ1) is 17.9. The van der Waals surface area contributed by atoms with Gasteiger partial charge in [-0.1, -0.05) is 51.1 Å². The molecule has 26 heavy (non-hydrogen) atoms. The molecule has 0 unspecified atom stereocenters. The van der Waals surface area contributed by atoms with Crippen molar-refractivity contribution in [3.05, 3.63) is 83.6 Å². The van der Waals surface area contributed by atoms with E-state index in [1.54, 1.807) is 6.20 Å². The van der Waals surface area contributed by atoms with Crippen LogP contribution in [-0.2, 0) is 6.42 Å². The molecule has 0 saturated heterocycles. The van der Waals surface area contributed by atoms with Crippen LogP contribution in [0.4, 0.5) is 5.69 Å². The lowest BCUT2D eigenvalue weighted by atomic mass is 9.99. The molecule has 132 valence electrons. The number of anilines is 1. The van der Waals surface area contributed by atoms with Gasteiger partial charge in [0.15, 0.2) is 0 Å². The molecule has 0 radical (unpaired) electrons. The number of pyridine rings is 1. The number of carbonyl (C=O) groups excluding carboxylic acids is 1. The van der Waals surface area contributed by atoms with E-state index in [1.807, 2.05) is 48.5 Å². The number of nitrogens with zero attached hydrogens (tertiary/aromatic N) is 1. The molecule has 1 heterocycles. The van der Waals surface area contributed by atoms with Crippen molar-refractivity contribution in [1.29, 1.82) is 0 Å². The standard InChI is InChI=1S/C23H24N2O/c1-4-17-8-11-21(12-9-17)25-23(26)20-10-13-22(24-15-20)19-7-5-6-18(14-19)16(2)3/h5-16H,4H2,1-3H3,(H,25,26). The average molecular weight is 344 g/mol. The maximum Gasteiger partial charge on any atom is 0.257 e. The lowest BCUT2D eigenvalue weighted by molar-refractivity contribution is 0.102. The average Bonchev–Trinajstić information content (AvgIpc) is 2.68. The Labute approximate surface area is 155 Å². The van der Waals surface area contributed by atoms with Crippen LogP contribution in [0.1, 0.15) is 48.2 Å². The van der Waals surface area contributed by atoms with Crippen LogP contribution in [0.3, 0.4) is 0 Å². The number of carbonyl (C=O) groups is 1. The second kappa shape index (κ2) is 7.96. The molecule has 3 rings (SSSR count). The SMILES string of the molecule is CCc1ccc(NC(=O)c2ccc(-c3cccc(C(C)C)c3)nc2)cc1. The summed E-state index contributed by atoms with van der Waals surface area (Å²) in [5.74, 6) is 0.323. The summed E-state index contributed by atoms with van der Waals surface area (Å²) in [5, 5.41) is 2.91. The van der Waals surface area contributed by atoms with Crippen molar-refractivity contribution in [2.24, 2.45) is 0 Å². The first-order valence-electron chi connectivity index (χ1n) is 9.03. The van der Waals surface area contributed by atoms with Gasteiger partial charge in [0.1, 0.15) is 0 Å². The van der Waals surface area contributed by atoms with E-state index in [1.165, 1.54) is 11.1 Å². The fourth-order valence-corrected chi connectivity index (χ4v) is 2.78. The zero-order chi connectivity index (χ0) is 18.5. The molecule has 0 saturated carbocycles. The normalized spacial score (nSPS) is 10.8. The van der Waals surface area contributed by atoms with Gasteiger partial charge in [-0.2, -0.15) is 0 Å². The lowest BCUT2D eigenvalue weighted by Gasteiger charge is -2.09. The van der Waals surface area contributed by atoms with E-state index in [-0.39, 0.29) is 5.91 Å². The van der Waals surface area contributed by atoms with Crippen LogP contribution in [0.2, 0.25) is 0 Å². The number of nitrogens with one attached hydrogen (secondary N) is 1. The third-order valence-corrected chi connectivity index (χ3v) is 4.49. The Hall–Kier alpha value is -2.94. The molecule has 0 aliphatic carbocycles. The molecule has 3 aromatic rings. The molecule has 0 fully saturated rings. The third kappa shape index (κ3) is 4.17. The Morgan fingerprint density at radius 2 is 1.81 bits per heavy atom. The predicted octanol–water partition coefficient (Wildman–Crippen LogP) is 5.69. The van der Waals surface area contributed by atoms with Crippen molar-refractivity contribution in [1.82, 2.24) is 4.98 Å². The van der Waals surface area contributed by atoms with Crippen molar-refractivity contribution in [3.8, 4) is 11.3 Å². The Morgan fingerprint density at radius 3 is 2.42 bits per heavy atom. The number of rotatable bonds is 5. The Balaban J connectivity index is 1.74. The van der Waals surface area contributed by atoms with E-state index in [2.05, 4.69) is 43.2 Å². The number of hydrogen-bond acceptors (Lipinski definition) is 2. The number of aromatic nitrogens is 1. The van der Waals surface area contributed by atoms with E-state index in [4.69, 9.17) is 0 Å². The Morgan fingerprint density at radius 1 is 1.04 bits per heavy atom. The van der Waals surface area contributed by atoms with Gasteiger partial charge in [-0.15, -0.1) is 0 Å². The molecule has 0 atom stereocenters. The smallest absolute Gasteiger partial charge is 0.257 e. The first-order chi connectivity index (χ1) is 12.6. The molecule has 1 N–H and O–H groups in total. The Bertz CT molecular complexity index is 881. The highest BCUT2D eigenvalue weighted by Crippen LogP contribution is 2.23. The minimum atomic E-state index is -0.149. The number of aryl methyl sites for hydroxylation is 1. The monoisotopic (exact) mass is 344 g/mol. The summed E-state index contributed by atoms with van der Waals surface area (Å²) in [4.78, 5) is 16.9. The van der Waals surface area contributed by atoms with E-state index in [0.29, 0.717) is 11.5 Å². The fraction of sp³-hybridized carbons (Fsp3) is 0.217. The van der Waals surface area contributed by atoms with E-state index in [0.717, 1.165) is 23.4 Å². The molecule has 3 nitrogen and oxygen atoms in total. The maximum absolute atomic E-state index is 12.4. The van der Waals surface area contributed by atoms with Crippen LogP contribution in [0, 0.1) is 0 Å². The van der Waals surface area contributed by atoms with Gasteiger partial charge in [-0.05, 0) is 53.8 Å². The highest BCUT2D eigenvalue weighted by Gasteiger charge is 2.08. The third-order valence-electron chi connectivity index (χ3n) is 4.49. The van der Waals surface area contributed by atoms with E-state index >= 15 is 0 Å². The van der Waals surface area contributed by atoms with Gasteiger partial charge >= 0.3 is 0 Å². The van der Waals surface area contributed by atoms with Crippen molar-refractivity contribution >= 4 is 11.6 Å². The largest absolute Gasteiger partial charge is 0.322 e. The van der Waals surface area contributed by atoms with Crippen LogP contribution in [0.15, 0.2) is 66.9 Å². The minimum absolute atomic E-state index is 0.149. The van der Waals surface area contributed by atoms with Gasteiger partial charge in [0.05, 0.1) is 11.3 Å². The Kier molecular flexibility index (Phi) is 5.47. The van der Waals surface area contributed by atoms with Gasteiger partial charge in [0.2, 0.25) is 0 Å². The number of amides is 1. The molecule has 0 spiro atoms. The van der Waals surface area contributed by atoms with Crippen molar-refractivity contribution < 1.29 is 4.79 Å². The molecule has 0 aliphatic heterocycles. The quantitative estimate of drug-likeness (QED) is 0.646. The van der Waals surface area contributed by atoms with Crippen LogP contribution in [0.25, 0.3) is 11.3 Å². The first-order valence-corrected chi connectivity index (χ1v) is 9.03. The van der Waals surface area contributed by atoms with Gasteiger partial charge < -0.3 is 5.32 Å². The highest BCUT2D eigenvalue weighted by atomic mass is 16.1. The molecule has 0 bridgehead atoms. The molecule has 2 aromatic carbocycles. The molecular formula is C23H24N2O. The molecule has 1 aromatic heterocycles. The van der Waals surface area contributed by atoms with Gasteiger partial charge in [0.25, 0.3) is 5.91 Å². The van der Waals surface area contributed by atoms with Crippen LogP contribution in [-0.4, -0.2) is 10.9 Å². The van der Waals surface area contributed by atoms with Gasteiger partial charge in [0, 0.05) is 17.4 Å².